The fourth-order valence-electron chi connectivity index (χ4n) is 1.12. The van der Waals surface area contributed by atoms with E-state index in [0.29, 0.717) is 17.1 Å². The second-order valence-corrected chi connectivity index (χ2v) is 4.44. The molecule has 0 fully saturated rings. The van der Waals surface area contributed by atoms with Crippen molar-refractivity contribution < 1.29 is 4.79 Å². The van der Waals surface area contributed by atoms with Gasteiger partial charge in [0.05, 0.1) is 5.33 Å². The van der Waals surface area contributed by atoms with E-state index in [1.54, 1.807) is 0 Å². The SMILES string of the molecule is O=C(CBr)Cc1ccc(Cl)c(CBr)c1. The fourth-order valence-corrected chi connectivity index (χ4v) is 2.12. The monoisotopic (exact) mass is 338 g/mol. The second kappa shape index (κ2) is 5.89. The van der Waals surface area contributed by atoms with E-state index in [1.165, 1.54) is 0 Å². The molecule has 0 spiro atoms. The van der Waals surface area contributed by atoms with Crippen LogP contribution in [-0.4, -0.2) is 11.1 Å². The van der Waals surface area contributed by atoms with Gasteiger partial charge in [0.15, 0.2) is 0 Å². The lowest BCUT2D eigenvalue weighted by Gasteiger charge is -2.03. The van der Waals surface area contributed by atoms with Crippen LogP contribution in [0.2, 0.25) is 5.02 Å². The molecule has 0 aliphatic rings. The Labute approximate surface area is 105 Å². The van der Waals surface area contributed by atoms with Crippen LogP contribution in [0.25, 0.3) is 0 Å². The topological polar surface area (TPSA) is 17.1 Å². The number of Topliss-reactive ketones (excluding diaryl/α,β-unsaturated/α-hetero) is 1. The van der Waals surface area contributed by atoms with Gasteiger partial charge in [-0.15, -0.1) is 0 Å². The number of benzene rings is 1. The Balaban J connectivity index is 2.84. The minimum Gasteiger partial charge on any atom is -0.298 e. The number of carbonyl (C=O) groups is 1. The summed E-state index contributed by atoms with van der Waals surface area (Å²) in [5.41, 5.74) is 2.03. The zero-order valence-electron chi connectivity index (χ0n) is 7.40. The molecule has 76 valence electrons. The molecule has 1 rings (SSSR count). The van der Waals surface area contributed by atoms with Crippen LogP contribution < -0.4 is 0 Å². The van der Waals surface area contributed by atoms with E-state index in [-0.39, 0.29) is 5.78 Å². The van der Waals surface area contributed by atoms with Crippen LogP contribution in [0.5, 0.6) is 0 Å². The molecule has 4 heteroatoms. The number of hydrogen-bond acceptors (Lipinski definition) is 1. The maximum atomic E-state index is 11.2. The highest BCUT2D eigenvalue weighted by molar-refractivity contribution is 9.09. The molecule has 0 bridgehead atoms. The summed E-state index contributed by atoms with van der Waals surface area (Å²) in [6.07, 6.45) is 0.461. The summed E-state index contributed by atoms with van der Waals surface area (Å²) in [6.45, 7) is 0. The van der Waals surface area contributed by atoms with E-state index < -0.39 is 0 Å². The van der Waals surface area contributed by atoms with Gasteiger partial charge in [0, 0.05) is 16.8 Å². The van der Waals surface area contributed by atoms with Gasteiger partial charge in [-0.2, -0.15) is 0 Å². The largest absolute Gasteiger partial charge is 0.298 e. The fraction of sp³-hybridized carbons (Fsp3) is 0.300. The normalized spacial score (nSPS) is 10.2. The van der Waals surface area contributed by atoms with Gasteiger partial charge in [0.2, 0.25) is 0 Å². The lowest BCUT2D eigenvalue weighted by Crippen LogP contribution is -2.03. The van der Waals surface area contributed by atoms with E-state index >= 15 is 0 Å². The molecule has 14 heavy (non-hydrogen) atoms. The number of carbonyl (C=O) groups excluding carboxylic acids is 1. The molecular weight excluding hydrogens is 331 g/mol. The van der Waals surface area contributed by atoms with Crippen molar-refractivity contribution in [2.45, 2.75) is 11.8 Å². The predicted molar refractivity (Wildman–Crippen MR) is 66.6 cm³/mol. The Kier molecular flexibility index (Phi) is 5.13. The van der Waals surface area contributed by atoms with E-state index in [4.69, 9.17) is 11.6 Å². The molecule has 0 heterocycles. The first-order valence-electron chi connectivity index (χ1n) is 4.08. The van der Waals surface area contributed by atoms with Crippen molar-refractivity contribution in [1.29, 1.82) is 0 Å². The lowest BCUT2D eigenvalue weighted by atomic mass is 10.1. The van der Waals surface area contributed by atoms with Crippen LogP contribution in [0.15, 0.2) is 18.2 Å². The average molecular weight is 340 g/mol. The van der Waals surface area contributed by atoms with Gasteiger partial charge < -0.3 is 0 Å². The van der Waals surface area contributed by atoms with Crippen molar-refractivity contribution in [1.82, 2.24) is 0 Å². The highest BCUT2D eigenvalue weighted by atomic mass is 79.9. The lowest BCUT2D eigenvalue weighted by molar-refractivity contribution is -0.115. The molecule has 1 aromatic carbocycles. The molecule has 0 saturated carbocycles. The summed E-state index contributed by atoms with van der Waals surface area (Å²) in [5.74, 6) is 0.174. The number of hydrogen-bond donors (Lipinski definition) is 0. The summed E-state index contributed by atoms with van der Waals surface area (Å²) in [5, 5.41) is 1.85. The van der Waals surface area contributed by atoms with Gasteiger partial charge in [-0.25, -0.2) is 0 Å². The van der Waals surface area contributed by atoms with Gasteiger partial charge >= 0.3 is 0 Å². The Bertz CT molecular complexity index is 339. The molecule has 1 aromatic rings. The van der Waals surface area contributed by atoms with E-state index in [2.05, 4.69) is 31.9 Å². The van der Waals surface area contributed by atoms with Gasteiger partial charge in [-0.1, -0.05) is 55.6 Å². The first-order valence-corrected chi connectivity index (χ1v) is 6.70. The molecule has 0 aliphatic heterocycles. The highest BCUT2D eigenvalue weighted by Crippen LogP contribution is 2.20. The third-order valence-corrected chi connectivity index (χ3v) is 3.40. The zero-order valence-corrected chi connectivity index (χ0v) is 11.3. The Hall–Kier alpha value is 0.140. The van der Waals surface area contributed by atoms with Crippen molar-refractivity contribution in [3.05, 3.63) is 34.3 Å². The Morgan fingerprint density at radius 3 is 2.64 bits per heavy atom. The summed E-state index contributed by atoms with van der Waals surface area (Å²) >= 11 is 12.4. The third-order valence-electron chi connectivity index (χ3n) is 1.80. The van der Waals surface area contributed by atoms with Crippen LogP contribution in [0.3, 0.4) is 0 Å². The minimum absolute atomic E-state index is 0.174. The number of halogens is 3. The van der Waals surface area contributed by atoms with E-state index in [1.807, 2.05) is 18.2 Å². The van der Waals surface area contributed by atoms with E-state index in [0.717, 1.165) is 16.1 Å². The number of ketones is 1. The molecule has 1 nitrogen and oxygen atoms in total. The van der Waals surface area contributed by atoms with Crippen molar-refractivity contribution in [3.63, 3.8) is 0 Å². The third kappa shape index (κ3) is 3.37. The average Bonchev–Trinajstić information content (AvgIpc) is 2.20. The summed E-state index contributed by atoms with van der Waals surface area (Å²) in [7, 11) is 0. The van der Waals surface area contributed by atoms with Gasteiger partial charge in [-0.05, 0) is 17.2 Å². The molecule has 0 unspecified atom stereocenters. The van der Waals surface area contributed by atoms with Gasteiger partial charge in [0.25, 0.3) is 0 Å². The predicted octanol–water partition coefficient (Wildman–Crippen LogP) is 3.74. The molecule has 0 saturated heterocycles. The molecule has 0 N–H and O–H groups in total. The maximum absolute atomic E-state index is 11.2. The minimum atomic E-state index is 0.174. The summed E-state index contributed by atoms with van der Waals surface area (Å²) in [6, 6.07) is 5.67. The molecule has 0 radical (unpaired) electrons. The maximum Gasteiger partial charge on any atom is 0.147 e. The first-order chi connectivity index (χ1) is 6.67. The molecular formula is C10H9Br2ClO. The van der Waals surface area contributed by atoms with Crippen molar-refractivity contribution in [2.24, 2.45) is 0 Å². The molecule has 0 amide bonds. The van der Waals surface area contributed by atoms with Crippen LogP contribution in [-0.2, 0) is 16.5 Å². The number of alkyl halides is 2. The molecule has 0 atom stereocenters. The second-order valence-electron chi connectivity index (χ2n) is 2.91. The van der Waals surface area contributed by atoms with Gasteiger partial charge in [0.1, 0.15) is 5.78 Å². The van der Waals surface area contributed by atoms with Crippen LogP contribution >= 0.6 is 43.5 Å². The number of rotatable bonds is 4. The van der Waals surface area contributed by atoms with Crippen LogP contribution in [0, 0.1) is 0 Å². The Morgan fingerprint density at radius 2 is 2.07 bits per heavy atom. The molecule has 0 aliphatic carbocycles. The van der Waals surface area contributed by atoms with Gasteiger partial charge in [-0.3, -0.25) is 4.79 Å². The smallest absolute Gasteiger partial charge is 0.147 e. The van der Waals surface area contributed by atoms with Crippen molar-refractivity contribution in [3.8, 4) is 0 Å². The molecule has 0 aromatic heterocycles. The first kappa shape index (κ1) is 12.2. The Morgan fingerprint density at radius 1 is 1.36 bits per heavy atom. The summed E-state index contributed by atoms with van der Waals surface area (Å²) in [4.78, 5) is 11.2. The van der Waals surface area contributed by atoms with Crippen molar-refractivity contribution >= 4 is 49.2 Å². The van der Waals surface area contributed by atoms with Crippen molar-refractivity contribution in [2.75, 3.05) is 5.33 Å². The zero-order chi connectivity index (χ0) is 10.6. The summed E-state index contributed by atoms with van der Waals surface area (Å²) < 4.78 is 0. The van der Waals surface area contributed by atoms with Crippen LogP contribution in [0.4, 0.5) is 0 Å². The van der Waals surface area contributed by atoms with Crippen LogP contribution in [0.1, 0.15) is 11.1 Å². The highest BCUT2D eigenvalue weighted by Gasteiger charge is 2.04. The quantitative estimate of drug-likeness (QED) is 0.763. The van der Waals surface area contributed by atoms with E-state index in [9.17, 15) is 4.79 Å². The standard InChI is InChI=1S/C10H9Br2ClO/c11-5-8-3-7(1-2-10(8)13)4-9(14)6-12/h1-3H,4-6H2.